The van der Waals surface area contributed by atoms with Gasteiger partial charge in [-0.15, -0.1) is 11.5 Å². The highest BCUT2D eigenvalue weighted by atomic mass is 35.5. The van der Waals surface area contributed by atoms with E-state index in [2.05, 4.69) is 16.0 Å². The lowest BCUT2D eigenvalue weighted by atomic mass is 9.92. The number of alkyl halides is 5. The summed E-state index contributed by atoms with van der Waals surface area (Å²) in [5, 5.41) is 3.23. The fourth-order valence-electron chi connectivity index (χ4n) is 4.75. The second kappa shape index (κ2) is 16.4. The number of thioether (sulfide) groups is 2. The predicted molar refractivity (Wildman–Crippen MR) is 174 cm³/mol. The molecule has 1 aliphatic heterocycles. The third-order valence-corrected chi connectivity index (χ3v) is 8.46. The number of rotatable bonds is 8. The zero-order valence-electron chi connectivity index (χ0n) is 25.5. The van der Waals surface area contributed by atoms with Gasteiger partial charge in [0.2, 0.25) is 10.2 Å². The fraction of sp³-hybridized carbons (Fsp3) is 0.433. The normalized spacial score (nSPS) is 12.8. The minimum atomic E-state index is -5.10. The molecule has 0 saturated heterocycles. The highest BCUT2D eigenvalue weighted by Gasteiger charge is 2.42. The van der Waals surface area contributed by atoms with E-state index in [0.29, 0.717) is 51.6 Å². The van der Waals surface area contributed by atoms with Crippen molar-refractivity contribution in [2.75, 3.05) is 19.1 Å². The molecule has 0 unspecified atom stereocenters. The summed E-state index contributed by atoms with van der Waals surface area (Å²) in [6.07, 6.45) is 1.96. The van der Waals surface area contributed by atoms with Crippen LogP contribution >= 0.6 is 46.7 Å². The molecule has 1 aliphatic rings. The van der Waals surface area contributed by atoms with Gasteiger partial charge in [0.15, 0.2) is 5.69 Å². The van der Waals surface area contributed by atoms with Gasteiger partial charge < -0.3 is 4.74 Å². The van der Waals surface area contributed by atoms with Crippen LogP contribution in [0, 0.1) is 18.3 Å². The molecular weight excluding hydrogens is 710 g/mol. The lowest BCUT2D eigenvalue weighted by Crippen LogP contribution is -2.26. The zero-order valence-corrected chi connectivity index (χ0v) is 28.7. The largest absolute Gasteiger partial charge is 0.479 e. The SMILES string of the molecule is C#CCOc1cc(-n2nc3n(c2=O)CCCC3)c(Cl)cc1Cl.CSC(=O)c1c(C(F)F)nc(C(F)(F)F)c(C(=O)SC)c1CC(C)C. The number of aryl methyl sites for hydroxylation is 1. The maximum absolute atomic E-state index is 13.4. The Balaban J connectivity index is 0.000000257. The quantitative estimate of drug-likeness (QED) is 0.170. The molecule has 2 aromatic heterocycles. The van der Waals surface area contributed by atoms with Crippen LogP contribution in [-0.2, 0) is 25.6 Å². The highest BCUT2D eigenvalue weighted by Crippen LogP contribution is 2.39. The fourth-order valence-corrected chi connectivity index (χ4v) is 6.12. The van der Waals surface area contributed by atoms with Crippen LogP contribution in [0.4, 0.5) is 22.0 Å². The smallest absolute Gasteiger partial charge is 0.434 e. The number of halogens is 7. The number of ether oxygens (including phenoxy) is 1. The summed E-state index contributed by atoms with van der Waals surface area (Å²) >= 11 is 13.4. The molecule has 3 heterocycles. The number of hydrogen-bond donors (Lipinski definition) is 0. The standard InChI is InChI=1S/C15H13Cl2N3O2.C15H16F5NO2S2/c1-2-7-22-13-9-12(10(16)8-11(13)17)20-15(21)19-6-4-3-5-14(19)18-20;1-6(2)5-7-8(13(22)24-3)10(12(16)17)21-11(15(18,19)20)9(7)14(23)25-4/h1,8-9H,3-7H2;6,12H,5H2,1-4H3. The van der Waals surface area contributed by atoms with Crippen molar-refractivity contribution in [3.63, 3.8) is 0 Å². The number of pyridine rings is 1. The molecule has 3 aromatic rings. The Hall–Kier alpha value is -3.06. The van der Waals surface area contributed by atoms with Gasteiger partial charge in [0.1, 0.15) is 23.9 Å². The van der Waals surface area contributed by atoms with Gasteiger partial charge in [-0.05, 0) is 49.3 Å². The Labute approximate surface area is 285 Å². The number of terminal acetylenes is 1. The van der Waals surface area contributed by atoms with Crippen molar-refractivity contribution in [3.05, 3.63) is 66.6 Å². The van der Waals surface area contributed by atoms with E-state index in [1.54, 1.807) is 24.5 Å². The van der Waals surface area contributed by atoms with Crippen molar-refractivity contribution in [1.29, 1.82) is 0 Å². The van der Waals surface area contributed by atoms with E-state index in [1.807, 2.05) is 0 Å². The van der Waals surface area contributed by atoms with E-state index in [0.717, 1.165) is 25.1 Å². The summed E-state index contributed by atoms with van der Waals surface area (Å²) in [7, 11) is 0. The minimum absolute atomic E-state index is 0.0788. The van der Waals surface area contributed by atoms with Crippen LogP contribution in [0.15, 0.2) is 16.9 Å². The van der Waals surface area contributed by atoms with Crippen molar-refractivity contribution in [3.8, 4) is 23.8 Å². The third-order valence-electron chi connectivity index (χ3n) is 6.71. The second-order valence-electron chi connectivity index (χ2n) is 10.4. The molecule has 0 N–H and O–H groups in total. The molecule has 0 atom stereocenters. The Bertz CT molecular complexity index is 1750. The predicted octanol–water partition coefficient (Wildman–Crippen LogP) is 7.93. The molecule has 0 saturated carbocycles. The van der Waals surface area contributed by atoms with Crippen LogP contribution in [0.2, 0.25) is 10.0 Å². The maximum atomic E-state index is 13.4. The molecule has 47 heavy (non-hydrogen) atoms. The van der Waals surface area contributed by atoms with E-state index < -0.39 is 45.3 Å². The molecule has 0 aliphatic carbocycles. The van der Waals surface area contributed by atoms with Crippen LogP contribution in [0.1, 0.15) is 76.6 Å². The van der Waals surface area contributed by atoms with Crippen molar-refractivity contribution in [2.24, 2.45) is 5.92 Å². The van der Waals surface area contributed by atoms with Gasteiger partial charge >= 0.3 is 11.9 Å². The summed E-state index contributed by atoms with van der Waals surface area (Å²) in [4.78, 5) is 39.8. The first kappa shape index (κ1) is 38.4. The van der Waals surface area contributed by atoms with E-state index in [4.69, 9.17) is 34.4 Å². The molecule has 0 spiro atoms. The first-order valence-electron chi connectivity index (χ1n) is 13.9. The zero-order chi connectivity index (χ0) is 35.2. The van der Waals surface area contributed by atoms with Crippen LogP contribution in [0.25, 0.3) is 5.69 Å². The number of hydrogen-bond acceptors (Lipinski definition) is 8. The molecule has 0 radical (unpaired) electrons. The minimum Gasteiger partial charge on any atom is -0.479 e. The molecule has 8 nitrogen and oxygen atoms in total. The summed E-state index contributed by atoms with van der Waals surface area (Å²) < 4.78 is 75.1. The van der Waals surface area contributed by atoms with Gasteiger partial charge in [-0.2, -0.15) is 17.9 Å². The van der Waals surface area contributed by atoms with Crippen LogP contribution in [-0.4, -0.2) is 48.7 Å². The summed E-state index contributed by atoms with van der Waals surface area (Å²) in [5.74, 6) is 3.24. The third kappa shape index (κ3) is 8.90. The van der Waals surface area contributed by atoms with E-state index in [9.17, 15) is 36.3 Å². The molecule has 1 aromatic carbocycles. The van der Waals surface area contributed by atoms with Crippen molar-refractivity contribution in [2.45, 2.75) is 58.7 Å². The first-order valence-corrected chi connectivity index (χ1v) is 17.1. The van der Waals surface area contributed by atoms with Gasteiger partial charge in [0.25, 0.3) is 6.43 Å². The van der Waals surface area contributed by atoms with Crippen molar-refractivity contribution >= 4 is 57.0 Å². The lowest BCUT2D eigenvalue weighted by Gasteiger charge is -2.21. The summed E-state index contributed by atoms with van der Waals surface area (Å²) in [6.45, 7) is 4.06. The van der Waals surface area contributed by atoms with Crippen molar-refractivity contribution < 1.29 is 36.3 Å². The molecule has 4 rings (SSSR count). The molecule has 17 heteroatoms. The maximum Gasteiger partial charge on any atom is 0.434 e. The Morgan fingerprint density at radius 3 is 2.26 bits per heavy atom. The van der Waals surface area contributed by atoms with E-state index in [-0.39, 0.29) is 30.2 Å². The number of nitrogens with zero attached hydrogens (tertiary/aromatic N) is 4. The van der Waals surface area contributed by atoms with Gasteiger partial charge in [0.05, 0.1) is 26.9 Å². The number of carbonyl (C=O) groups excluding carboxylic acids is 2. The van der Waals surface area contributed by atoms with E-state index in [1.165, 1.54) is 23.3 Å². The van der Waals surface area contributed by atoms with Crippen LogP contribution < -0.4 is 10.4 Å². The van der Waals surface area contributed by atoms with Gasteiger partial charge in [-0.25, -0.2) is 18.6 Å². The number of carbonyl (C=O) groups is 2. The molecule has 0 amide bonds. The van der Waals surface area contributed by atoms with Crippen LogP contribution in [0.5, 0.6) is 5.75 Å². The molecule has 0 fully saturated rings. The summed E-state index contributed by atoms with van der Waals surface area (Å²) in [6, 6.07) is 3.11. The Morgan fingerprint density at radius 2 is 1.72 bits per heavy atom. The molecule has 0 bridgehead atoms. The Kier molecular flexibility index (Phi) is 13.4. The average Bonchev–Trinajstić information content (AvgIpc) is 3.34. The van der Waals surface area contributed by atoms with E-state index >= 15 is 0 Å². The van der Waals surface area contributed by atoms with Crippen LogP contribution in [0.3, 0.4) is 0 Å². The number of aromatic nitrogens is 4. The monoisotopic (exact) mass is 738 g/mol. The van der Waals surface area contributed by atoms with Gasteiger partial charge in [0, 0.05) is 19.0 Å². The van der Waals surface area contributed by atoms with Crippen molar-refractivity contribution in [1.82, 2.24) is 19.3 Å². The van der Waals surface area contributed by atoms with Gasteiger partial charge in [-0.1, -0.05) is 66.5 Å². The molecular formula is C30H29Cl2F5N4O4S2. The lowest BCUT2D eigenvalue weighted by molar-refractivity contribution is -0.141. The number of fused-ring (bicyclic) bond motifs is 1. The molecule has 254 valence electrons. The average molecular weight is 740 g/mol. The topological polar surface area (TPSA) is 96.1 Å². The van der Waals surface area contributed by atoms with Gasteiger partial charge in [-0.3, -0.25) is 14.2 Å². The Morgan fingerprint density at radius 1 is 1.09 bits per heavy atom. The summed E-state index contributed by atoms with van der Waals surface area (Å²) in [5.41, 5.74) is -4.40. The second-order valence-corrected chi connectivity index (χ2v) is 12.8. The number of benzene rings is 1. The first-order chi connectivity index (χ1) is 22.1. The highest BCUT2D eigenvalue weighted by molar-refractivity contribution is 8.13.